The molecule has 0 aromatic heterocycles. The first-order valence-electron chi connectivity index (χ1n) is 19.2. The largest absolute Gasteiger partial charge is 0.462 e. The monoisotopic (exact) mass is 728 g/mol. The summed E-state index contributed by atoms with van der Waals surface area (Å²) >= 11 is 0. The third kappa shape index (κ3) is 5.90. The smallest absolute Gasteiger partial charge is 0.334 e. The number of hydrogen-bond donors (Lipinski definition) is 3. The van der Waals surface area contributed by atoms with Gasteiger partial charge in [0.15, 0.2) is 0 Å². The Morgan fingerprint density at radius 3 is 2.78 bits per heavy atom. The van der Waals surface area contributed by atoms with Gasteiger partial charge in [-0.15, -0.1) is 0 Å². The Hall–Kier alpha value is -1.57. The molecule has 50 heavy (non-hydrogen) atoms. The fraction of sp³-hybridized carbons (Fsp3) is 0.816. The predicted octanol–water partition coefficient (Wildman–Crippen LogP) is 4.33. The molecule has 2 saturated carbocycles. The molecule has 0 aromatic rings. The van der Waals surface area contributed by atoms with Crippen LogP contribution in [-0.2, 0) is 28.6 Å². The van der Waals surface area contributed by atoms with Crippen LogP contribution >= 0.6 is 21.6 Å². The van der Waals surface area contributed by atoms with E-state index in [4.69, 9.17) is 19.9 Å². The second-order valence-corrected chi connectivity index (χ2v) is 19.4. The molecule has 5 heterocycles. The minimum atomic E-state index is -0.929. The molecule has 12 heteroatoms. The SMILES string of the molecule is CC=C(C)C(=O)OC1(C)CC=C2CSSC3CCC(NC)C4CN(C(=O)CC5CNC(N)CC5C2C12CC1CC5CCC(=O)OC5CC1O2)C34. The zero-order valence-corrected chi connectivity index (χ0v) is 31.7. The van der Waals surface area contributed by atoms with Crippen molar-refractivity contribution >= 4 is 39.4 Å². The highest BCUT2D eigenvalue weighted by Gasteiger charge is 2.68. The zero-order valence-electron chi connectivity index (χ0n) is 30.1. The Morgan fingerprint density at radius 1 is 1.14 bits per heavy atom. The van der Waals surface area contributed by atoms with E-state index in [1.807, 2.05) is 41.5 Å². The Balaban J connectivity index is 1.19. The number of piperidine rings is 1. The van der Waals surface area contributed by atoms with Crippen molar-refractivity contribution in [3.05, 3.63) is 23.3 Å². The van der Waals surface area contributed by atoms with Crippen LogP contribution in [0.5, 0.6) is 0 Å². The van der Waals surface area contributed by atoms with Crippen molar-refractivity contribution in [3.8, 4) is 0 Å². The molecule has 14 unspecified atom stereocenters. The molecule has 8 aliphatic rings. The van der Waals surface area contributed by atoms with Crippen LogP contribution in [0, 0.1) is 35.5 Å². The van der Waals surface area contributed by atoms with Crippen molar-refractivity contribution in [2.45, 2.75) is 132 Å². The quantitative estimate of drug-likeness (QED) is 0.166. The molecule has 276 valence electrons. The summed E-state index contributed by atoms with van der Waals surface area (Å²) in [7, 11) is 5.97. The van der Waals surface area contributed by atoms with E-state index in [9.17, 15) is 14.4 Å². The maximum absolute atomic E-state index is 14.4. The third-order valence-corrected chi connectivity index (χ3v) is 17.1. The van der Waals surface area contributed by atoms with E-state index in [0.717, 1.165) is 50.8 Å². The number of rotatable bonds is 3. The highest BCUT2D eigenvalue weighted by Crippen LogP contribution is 2.62. The Bertz CT molecular complexity index is 1440. The highest BCUT2D eigenvalue weighted by molar-refractivity contribution is 8.77. The number of carbonyl (C=O) groups excluding carboxylic acids is 3. The van der Waals surface area contributed by atoms with Crippen LogP contribution in [0.4, 0.5) is 0 Å². The van der Waals surface area contributed by atoms with E-state index in [0.29, 0.717) is 60.9 Å². The summed E-state index contributed by atoms with van der Waals surface area (Å²) in [6.07, 6.45) is 11.5. The number of nitrogens with zero attached hydrogens (tertiary/aromatic N) is 1. The maximum Gasteiger partial charge on any atom is 0.334 e. The van der Waals surface area contributed by atoms with Crippen LogP contribution < -0.4 is 16.4 Å². The summed E-state index contributed by atoms with van der Waals surface area (Å²) < 4.78 is 20.1. The zero-order chi connectivity index (χ0) is 34.9. The fourth-order valence-corrected chi connectivity index (χ4v) is 14.6. The second kappa shape index (κ2) is 13.7. The van der Waals surface area contributed by atoms with Crippen LogP contribution in [0.3, 0.4) is 0 Å². The van der Waals surface area contributed by atoms with E-state index in [1.165, 1.54) is 5.57 Å². The van der Waals surface area contributed by atoms with Crippen LogP contribution in [0.25, 0.3) is 0 Å². The first kappa shape index (κ1) is 35.5. The van der Waals surface area contributed by atoms with Gasteiger partial charge < -0.3 is 35.5 Å². The van der Waals surface area contributed by atoms with E-state index in [1.54, 1.807) is 0 Å². The summed E-state index contributed by atoms with van der Waals surface area (Å²) in [6, 6.07) is 0.745. The molecular formula is C38H56N4O6S2. The van der Waals surface area contributed by atoms with Crippen molar-refractivity contribution in [2.24, 2.45) is 41.2 Å². The first-order chi connectivity index (χ1) is 24.0. The van der Waals surface area contributed by atoms with E-state index < -0.39 is 11.2 Å². The first-order valence-corrected chi connectivity index (χ1v) is 21.6. The number of fused-ring (bicyclic) bond motifs is 6. The average Bonchev–Trinajstić information content (AvgIpc) is 3.45. The lowest BCUT2D eigenvalue weighted by molar-refractivity contribution is -0.229. The summed E-state index contributed by atoms with van der Waals surface area (Å²) in [5, 5.41) is 7.49. The van der Waals surface area contributed by atoms with Gasteiger partial charge in [0.25, 0.3) is 0 Å². The van der Waals surface area contributed by atoms with Gasteiger partial charge in [0.1, 0.15) is 17.3 Å². The molecule has 8 rings (SSSR count). The standard InChI is InChI=1S/C38H56N4O6S2/c1-5-20(2)36(45)48-37(3)11-10-22-19-49-50-30-8-7-27(40-4)26-18-42(35(26)30)32(43)13-24-17-41-31(39)14-25(24)34(22)38(37)16-23-12-21-6-9-33(44)46-28(21)15-29(23)47-38/h5,10,21,23-31,34-35,40-41H,6-9,11-19,39H2,1-4H3. The predicted molar refractivity (Wildman–Crippen MR) is 195 cm³/mol. The number of amides is 1. The highest BCUT2D eigenvalue weighted by atomic mass is 33.1. The topological polar surface area (TPSA) is 132 Å². The summed E-state index contributed by atoms with van der Waals surface area (Å²) in [6.45, 7) is 7.27. The van der Waals surface area contributed by atoms with Crippen molar-refractivity contribution in [1.29, 1.82) is 0 Å². The number of ether oxygens (including phenoxy) is 3. The molecule has 0 bridgehead atoms. The third-order valence-electron chi connectivity index (χ3n) is 14.3. The number of hydrogen-bond acceptors (Lipinski definition) is 11. The Labute approximate surface area is 304 Å². The van der Waals surface area contributed by atoms with Gasteiger partial charge in [0, 0.05) is 73.2 Å². The van der Waals surface area contributed by atoms with Gasteiger partial charge in [0.2, 0.25) is 5.91 Å². The van der Waals surface area contributed by atoms with Gasteiger partial charge in [-0.05, 0) is 90.0 Å². The number of esters is 2. The normalized spacial score (nSPS) is 47.5. The molecule has 5 aliphatic heterocycles. The van der Waals surface area contributed by atoms with Gasteiger partial charge in [-0.2, -0.15) is 0 Å². The lowest BCUT2D eigenvalue weighted by Crippen LogP contribution is -2.70. The van der Waals surface area contributed by atoms with E-state index in [-0.39, 0.29) is 65.9 Å². The maximum atomic E-state index is 14.4. The van der Waals surface area contributed by atoms with E-state index in [2.05, 4.69) is 35.6 Å². The number of nitrogens with one attached hydrogen (secondary N) is 2. The molecule has 5 saturated heterocycles. The van der Waals surface area contributed by atoms with Crippen molar-refractivity contribution in [3.63, 3.8) is 0 Å². The fourth-order valence-electron chi connectivity index (χ4n) is 11.5. The van der Waals surface area contributed by atoms with Gasteiger partial charge in [-0.1, -0.05) is 39.3 Å². The molecule has 7 fully saturated rings. The second-order valence-electron chi connectivity index (χ2n) is 16.8. The lowest BCUT2D eigenvalue weighted by Gasteiger charge is -2.59. The summed E-state index contributed by atoms with van der Waals surface area (Å²) in [5.74, 6) is 1.86. The molecule has 3 aliphatic carbocycles. The average molecular weight is 729 g/mol. The molecular weight excluding hydrogens is 673 g/mol. The lowest BCUT2D eigenvalue weighted by atomic mass is 9.56. The van der Waals surface area contributed by atoms with Crippen LogP contribution in [0.15, 0.2) is 23.3 Å². The summed E-state index contributed by atoms with van der Waals surface area (Å²) in [4.78, 5) is 42.6. The van der Waals surface area contributed by atoms with Crippen molar-refractivity contribution < 1.29 is 28.6 Å². The summed E-state index contributed by atoms with van der Waals surface area (Å²) in [5.41, 5.74) is 6.94. The molecule has 10 nitrogen and oxygen atoms in total. The minimum Gasteiger partial charge on any atom is -0.462 e. The minimum absolute atomic E-state index is 0.0657. The molecule has 0 radical (unpaired) electrons. The molecule has 4 N–H and O–H groups in total. The molecule has 1 spiro atoms. The molecule has 14 atom stereocenters. The van der Waals surface area contributed by atoms with Crippen LogP contribution in [-0.4, -0.2) is 95.5 Å². The Kier molecular flexibility index (Phi) is 9.71. The van der Waals surface area contributed by atoms with Gasteiger partial charge in [-0.25, -0.2) is 4.79 Å². The van der Waals surface area contributed by atoms with E-state index >= 15 is 0 Å². The Morgan fingerprint density at radius 2 is 1.98 bits per heavy atom. The van der Waals surface area contributed by atoms with Crippen LogP contribution in [0.2, 0.25) is 0 Å². The van der Waals surface area contributed by atoms with Gasteiger partial charge >= 0.3 is 11.9 Å². The van der Waals surface area contributed by atoms with Gasteiger partial charge in [0.05, 0.1) is 18.3 Å². The van der Waals surface area contributed by atoms with Crippen molar-refractivity contribution in [2.75, 3.05) is 25.9 Å². The number of nitrogens with two attached hydrogens (primary N) is 1. The number of carbonyl (C=O) groups is 3. The van der Waals surface area contributed by atoms with Gasteiger partial charge in [-0.3, -0.25) is 9.59 Å². The van der Waals surface area contributed by atoms with Crippen LogP contribution in [0.1, 0.15) is 85.0 Å². The number of allylic oxidation sites excluding steroid dienone is 1. The molecule has 0 aromatic carbocycles. The van der Waals surface area contributed by atoms with Crippen molar-refractivity contribution in [1.82, 2.24) is 15.5 Å². The molecule has 1 amide bonds.